The van der Waals surface area contributed by atoms with Crippen molar-refractivity contribution in [3.63, 3.8) is 0 Å². The van der Waals surface area contributed by atoms with Crippen molar-refractivity contribution in [2.75, 3.05) is 0 Å². The van der Waals surface area contributed by atoms with Gasteiger partial charge in [0.25, 0.3) is 0 Å². The minimum absolute atomic E-state index is 0.287. The number of nitrogens with zero attached hydrogens (tertiary/aromatic N) is 1. The Kier molecular flexibility index (Phi) is 3.65. The molecule has 0 bridgehead atoms. The maximum atomic E-state index is 10.7. The van der Waals surface area contributed by atoms with Crippen molar-refractivity contribution >= 4 is 0 Å². The zero-order valence-corrected chi connectivity index (χ0v) is 7.76. The molecule has 1 aromatic heterocycles. The number of rotatable bonds is 0. The van der Waals surface area contributed by atoms with Gasteiger partial charge < -0.3 is 4.42 Å². The van der Waals surface area contributed by atoms with E-state index in [1.54, 1.807) is 14.0 Å². The van der Waals surface area contributed by atoms with Gasteiger partial charge in [-0.1, -0.05) is 13.8 Å². The van der Waals surface area contributed by atoms with E-state index in [0.717, 1.165) is 5.69 Å². The largest absolute Gasteiger partial charge is 0.419 e. The summed E-state index contributed by atoms with van der Waals surface area (Å²) in [5.74, 6) is 0.410. The predicted molar refractivity (Wildman–Crippen MR) is 44.8 cm³/mol. The Morgan fingerprint density at radius 2 is 1.73 bits per heavy atom. The van der Waals surface area contributed by atoms with E-state index in [4.69, 9.17) is 4.42 Å². The van der Waals surface area contributed by atoms with Gasteiger partial charge in [0.1, 0.15) is 5.76 Å². The Bertz CT molecular complexity index is 270. The Balaban J connectivity index is 0.000000461. The van der Waals surface area contributed by atoms with Crippen molar-refractivity contribution in [3.05, 3.63) is 22.0 Å². The topological polar surface area (TPSA) is 35.1 Å². The van der Waals surface area contributed by atoms with Crippen LogP contribution in [-0.4, -0.2) is 4.57 Å². The first-order valence-electron chi connectivity index (χ1n) is 3.76. The number of hydrogen-bond acceptors (Lipinski definition) is 2. The molecule has 1 heterocycles. The van der Waals surface area contributed by atoms with E-state index >= 15 is 0 Å². The van der Waals surface area contributed by atoms with Crippen LogP contribution in [0.25, 0.3) is 0 Å². The molecule has 3 heteroatoms. The van der Waals surface area contributed by atoms with Crippen LogP contribution < -0.4 is 5.76 Å². The summed E-state index contributed by atoms with van der Waals surface area (Å²) in [7, 11) is 1.69. The first kappa shape index (κ1) is 10.0. The van der Waals surface area contributed by atoms with Crippen LogP contribution in [0.2, 0.25) is 0 Å². The van der Waals surface area contributed by atoms with Crippen LogP contribution in [0, 0.1) is 13.8 Å². The second-order valence-electron chi connectivity index (χ2n) is 2.07. The summed E-state index contributed by atoms with van der Waals surface area (Å²) in [6.07, 6.45) is 0. The SMILES string of the molecule is CC.Cc1oc(=O)n(C)c1C. The highest BCUT2D eigenvalue weighted by molar-refractivity contribution is 5.03. The summed E-state index contributed by atoms with van der Waals surface area (Å²) in [6.45, 7) is 7.62. The molecule has 0 fully saturated rings. The lowest BCUT2D eigenvalue weighted by Crippen LogP contribution is -2.09. The average molecular weight is 157 g/mol. The lowest BCUT2D eigenvalue weighted by molar-refractivity contribution is 0.472. The van der Waals surface area contributed by atoms with Gasteiger partial charge in [0.05, 0.1) is 5.69 Å². The second kappa shape index (κ2) is 4.01. The van der Waals surface area contributed by atoms with Crippen LogP contribution in [-0.2, 0) is 7.05 Å². The molecule has 0 saturated heterocycles. The van der Waals surface area contributed by atoms with Gasteiger partial charge in [-0.2, -0.15) is 0 Å². The molecular formula is C8H15NO2. The summed E-state index contributed by atoms with van der Waals surface area (Å²) in [4.78, 5) is 10.7. The number of aromatic nitrogens is 1. The van der Waals surface area contributed by atoms with Gasteiger partial charge in [0.2, 0.25) is 0 Å². The second-order valence-corrected chi connectivity index (χ2v) is 2.07. The van der Waals surface area contributed by atoms with E-state index in [2.05, 4.69) is 0 Å². The van der Waals surface area contributed by atoms with Gasteiger partial charge in [0, 0.05) is 7.05 Å². The van der Waals surface area contributed by atoms with Gasteiger partial charge in [-0.25, -0.2) is 4.79 Å². The fraction of sp³-hybridized carbons (Fsp3) is 0.625. The smallest absolute Gasteiger partial charge is 0.413 e. The van der Waals surface area contributed by atoms with Gasteiger partial charge >= 0.3 is 5.76 Å². The first-order chi connectivity index (χ1) is 5.13. The maximum Gasteiger partial charge on any atom is 0.419 e. The highest BCUT2D eigenvalue weighted by atomic mass is 16.4. The molecule has 0 saturated carbocycles. The molecule has 0 aromatic carbocycles. The molecule has 11 heavy (non-hydrogen) atoms. The van der Waals surface area contributed by atoms with E-state index in [0.29, 0.717) is 5.76 Å². The van der Waals surface area contributed by atoms with Crippen molar-refractivity contribution < 1.29 is 4.42 Å². The quantitative estimate of drug-likeness (QED) is 0.573. The fourth-order valence-electron chi connectivity index (χ4n) is 0.646. The third kappa shape index (κ3) is 1.97. The van der Waals surface area contributed by atoms with Gasteiger partial charge in [0.15, 0.2) is 0 Å². The fourth-order valence-corrected chi connectivity index (χ4v) is 0.646. The monoisotopic (exact) mass is 157 g/mol. The molecule has 0 atom stereocenters. The van der Waals surface area contributed by atoms with E-state index in [1.165, 1.54) is 4.57 Å². The Labute approximate surface area is 66.6 Å². The molecule has 0 aliphatic heterocycles. The molecular weight excluding hydrogens is 142 g/mol. The number of hydrogen-bond donors (Lipinski definition) is 0. The lowest BCUT2D eigenvalue weighted by Gasteiger charge is -1.87. The van der Waals surface area contributed by atoms with Crippen molar-refractivity contribution in [3.8, 4) is 0 Å². The molecule has 64 valence electrons. The van der Waals surface area contributed by atoms with Crippen LogP contribution in [0.1, 0.15) is 25.3 Å². The van der Waals surface area contributed by atoms with E-state index in [1.807, 2.05) is 20.8 Å². The zero-order valence-electron chi connectivity index (χ0n) is 7.76. The summed E-state index contributed by atoms with van der Waals surface area (Å²) < 4.78 is 6.23. The molecule has 0 aliphatic rings. The molecule has 3 nitrogen and oxygen atoms in total. The minimum atomic E-state index is -0.287. The van der Waals surface area contributed by atoms with Crippen LogP contribution in [0.15, 0.2) is 9.21 Å². The van der Waals surface area contributed by atoms with Crippen LogP contribution >= 0.6 is 0 Å². The molecule has 0 aliphatic carbocycles. The Morgan fingerprint density at radius 3 is 1.82 bits per heavy atom. The first-order valence-corrected chi connectivity index (χ1v) is 3.76. The maximum absolute atomic E-state index is 10.7. The average Bonchev–Trinajstić information content (AvgIpc) is 2.22. The summed E-state index contributed by atoms with van der Waals surface area (Å²) >= 11 is 0. The van der Waals surface area contributed by atoms with Crippen molar-refractivity contribution in [1.29, 1.82) is 0 Å². The third-order valence-corrected chi connectivity index (χ3v) is 1.53. The van der Waals surface area contributed by atoms with Crippen molar-refractivity contribution in [2.24, 2.45) is 7.05 Å². The summed E-state index contributed by atoms with van der Waals surface area (Å²) in [6, 6.07) is 0. The number of oxazole rings is 1. The van der Waals surface area contributed by atoms with E-state index in [-0.39, 0.29) is 5.76 Å². The summed E-state index contributed by atoms with van der Waals surface area (Å²) in [5.41, 5.74) is 0.889. The Morgan fingerprint density at radius 1 is 1.27 bits per heavy atom. The van der Waals surface area contributed by atoms with E-state index in [9.17, 15) is 4.79 Å². The number of aryl methyl sites for hydroxylation is 1. The minimum Gasteiger partial charge on any atom is -0.413 e. The molecule has 0 unspecified atom stereocenters. The normalized spacial score (nSPS) is 8.82. The predicted octanol–water partition coefficient (Wildman–Crippen LogP) is 1.62. The molecule has 1 aromatic rings. The summed E-state index contributed by atoms with van der Waals surface area (Å²) in [5, 5.41) is 0. The molecule has 0 N–H and O–H groups in total. The van der Waals surface area contributed by atoms with Crippen LogP contribution in [0.4, 0.5) is 0 Å². The molecule has 0 radical (unpaired) electrons. The van der Waals surface area contributed by atoms with Gasteiger partial charge in [-0.05, 0) is 13.8 Å². The Hall–Kier alpha value is -0.990. The standard InChI is InChI=1S/C6H9NO2.C2H6/c1-4-5(2)9-6(8)7(4)3;1-2/h1-3H3;1-2H3. The molecule has 1 rings (SSSR count). The lowest BCUT2D eigenvalue weighted by atomic mass is 10.4. The van der Waals surface area contributed by atoms with Crippen molar-refractivity contribution in [2.45, 2.75) is 27.7 Å². The highest BCUT2D eigenvalue weighted by Crippen LogP contribution is 1.99. The zero-order chi connectivity index (χ0) is 9.02. The van der Waals surface area contributed by atoms with Gasteiger partial charge in [-0.3, -0.25) is 4.57 Å². The van der Waals surface area contributed by atoms with E-state index < -0.39 is 0 Å². The highest BCUT2D eigenvalue weighted by Gasteiger charge is 2.02. The van der Waals surface area contributed by atoms with Crippen molar-refractivity contribution in [1.82, 2.24) is 4.57 Å². The van der Waals surface area contributed by atoms with Gasteiger partial charge in [-0.15, -0.1) is 0 Å². The third-order valence-electron chi connectivity index (χ3n) is 1.53. The van der Waals surface area contributed by atoms with Crippen LogP contribution in [0.5, 0.6) is 0 Å². The molecule has 0 amide bonds. The van der Waals surface area contributed by atoms with Crippen LogP contribution in [0.3, 0.4) is 0 Å². The molecule has 0 spiro atoms.